The van der Waals surface area contributed by atoms with Gasteiger partial charge in [0.25, 0.3) is 5.91 Å². The van der Waals surface area contributed by atoms with Gasteiger partial charge in [-0.05, 0) is 24.3 Å². The van der Waals surface area contributed by atoms with Crippen molar-refractivity contribution >= 4 is 17.6 Å². The molecule has 25 heavy (non-hydrogen) atoms. The molecule has 0 spiro atoms. The first-order valence-corrected chi connectivity index (χ1v) is 7.49. The SMILES string of the molecule is O=C(Nc1ccc(F)c(F)c1F)N1CCN(C(=O)c2ccco2)CC1. The number of piperazine rings is 1. The van der Waals surface area contributed by atoms with Gasteiger partial charge in [0.1, 0.15) is 0 Å². The van der Waals surface area contributed by atoms with Gasteiger partial charge >= 0.3 is 6.03 Å². The third kappa shape index (κ3) is 3.44. The average Bonchev–Trinajstić information content (AvgIpc) is 3.16. The first kappa shape index (κ1) is 16.9. The molecule has 132 valence electrons. The molecule has 3 amide bonds. The highest BCUT2D eigenvalue weighted by atomic mass is 19.2. The molecule has 1 aromatic carbocycles. The van der Waals surface area contributed by atoms with Crippen molar-refractivity contribution in [2.45, 2.75) is 0 Å². The molecule has 2 aromatic rings. The molecular weight excluding hydrogens is 339 g/mol. The van der Waals surface area contributed by atoms with E-state index in [1.807, 2.05) is 0 Å². The van der Waals surface area contributed by atoms with Crippen LogP contribution in [0, 0.1) is 17.5 Å². The average molecular weight is 353 g/mol. The molecular formula is C16H14F3N3O3. The lowest BCUT2D eigenvalue weighted by Crippen LogP contribution is -2.51. The molecule has 0 radical (unpaired) electrons. The van der Waals surface area contributed by atoms with Gasteiger partial charge in [-0.1, -0.05) is 0 Å². The quantitative estimate of drug-likeness (QED) is 0.845. The predicted octanol–water partition coefficient (Wildman–Crippen LogP) is 2.69. The van der Waals surface area contributed by atoms with Gasteiger partial charge in [0, 0.05) is 26.2 Å². The summed E-state index contributed by atoms with van der Waals surface area (Å²) < 4.78 is 44.7. The van der Waals surface area contributed by atoms with E-state index in [1.54, 1.807) is 12.1 Å². The van der Waals surface area contributed by atoms with Crippen molar-refractivity contribution in [2.24, 2.45) is 0 Å². The third-order valence-corrected chi connectivity index (χ3v) is 3.86. The van der Waals surface area contributed by atoms with Crippen LogP contribution < -0.4 is 5.32 Å². The molecule has 1 fully saturated rings. The number of urea groups is 1. The monoisotopic (exact) mass is 353 g/mol. The van der Waals surface area contributed by atoms with Crippen LogP contribution in [0.5, 0.6) is 0 Å². The maximum Gasteiger partial charge on any atom is 0.322 e. The molecule has 1 saturated heterocycles. The number of hydrogen-bond donors (Lipinski definition) is 1. The van der Waals surface area contributed by atoms with Crippen molar-refractivity contribution in [3.05, 3.63) is 53.7 Å². The number of benzene rings is 1. The van der Waals surface area contributed by atoms with Crippen LogP contribution in [0.2, 0.25) is 0 Å². The summed E-state index contributed by atoms with van der Waals surface area (Å²) >= 11 is 0. The van der Waals surface area contributed by atoms with E-state index in [0.717, 1.165) is 12.1 Å². The molecule has 1 aromatic heterocycles. The lowest BCUT2D eigenvalue weighted by molar-refractivity contribution is 0.0640. The van der Waals surface area contributed by atoms with E-state index < -0.39 is 29.2 Å². The van der Waals surface area contributed by atoms with Crippen LogP contribution in [0.3, 0.4) is 0 Å². The summed E-state index contributed by atoms with van der Waals surface area (Å²) in [6, 6.07) is 4.17. The fourth-order valence-electron chi connectivity index (χ4n) is 2.49. The lowest BCUT2D eigenvalue weighted by atomic mass is 10.2. The van der Waals surface area contributed by atoms with Crippen LogP contribution in [-0.2, 0) is 0 Å². The first-order chi connectivity index (χ1) is 12.0. The van der Waals surface area contributed by atoms with Gasteiger partial charge in [-0.2, -0.15) is 0 Å². The van der Waals surface area contributed by atoms with E-state index in [9.17, 15) is 22.8 Å². The van der Waals surface area contributed by atoms with E-state index in [4.69, 9.17) is 4.42 Å². The van der Waals surface area contributed by atoms with E-state index in [0.29, 0.717) is 0 Å². The van der Waals surface area contributed by atoms with Gasteiger partial charge < -0.3 is 19.5 Å². The zero-order valence-corrected chi connectivity index (χ0v) is 13.0. The molecule has 0 aliphatic carbocycles. The summed E-state index contributed by atoms with van der Waals surface area (Å²) in [7, 11) is 0. The number of halogens is 3. The Hall–Kier alpha value is -2.97. The highest BCUT2D eigenvalue weighted by molar-refractivity contribution is 5.92. The molecule has 2 heterocycles. The van der Waals surface area contributed by atoms with Gasteiger partial charge in [-0.3, -0.25) is 4.79 Å². The van der Waals surface area contributed by atoms with Gasteiger partial charge in [0.2, 0.25) is 0 Å². The second kappa shape index (κ2) is 6.88. The van der Waals surface area contributed by atoms with E-state index >= 15 is 0 Å². The van der Waals surface area contributed by atoms with Crippen LogP contribution in [0.25, 0.3) is 0 Å². The minimum atomic E-state index is -1.65. The standard InChI is InChI=1S/C16H14F3N3O3/c17-10-3-4-11(14(19)13(10)18)20-16(24)22-7-5-21(6-8-22)15(23)12-2-1-9-25-12/h1-4,9H,5-8H2,(H,20,24). The van der Waals surface area contributed by atoms with Crippen LogP contribution >= 0.6 is 0 Å². The maximum atomic E-state index is 13.6. The highest BCUT2D eigenvalue weighted by Crippen LogP contribution is 2.20. The Morgan fingerprint density at radius 1 is 0.960 bits per heavy atom. The topological polar surface area (TPSA) is 65.8 Å². The first-order valence-electron chi connectivity index (χ1n) is 7.49. The van der Waals surface area contributed by atoms with Crippen molar-refractivity contribution in [3.63, 3.8) is 0 Å². The summed E-state index contributed by atoms with van der Waals surface area (Å²) in [6.45, 7) is 0.966. The van der Waals surface area contributed by atoms with Crippen molar-refractivity contribution in [2.75, 3.05) is 31.5 Å². The minimum Gasteiger partial charge on any atom is -0.459 e. The Balaban J connectivity index is 1.59. The Morgan fingerprint density at radius 2 is 1.64 bits per heavy atom. The fourth-order valence-corrected chi connectivity index (χ4v) is 2.49. The molecule has 0 atom stereocenters. The zero-order valence-electron chi connectivity index (χ0n) is 13.0. The summed E-state index contributed by atoms with van der Waals surface area (Å²) in [4.78, 5) is 27.1. The van der Waals surface area contributed by atoms with Gasteiger partial charge in [0.05, 0.1) is 12.0 Å². The Kier molecular flexibility index (Phi) is 4.64. The largest absolute Gasteiger partial charge is 0.459 e. The van der Waals surface area contributed by atoms with Crippen molar-refractivity contribution in [1.29, 1.82) is 0 Å². The highest BCUT2D eigenvalue weighted by Gasteiger charge is 2.26. The number of nitrogens with zero attached hydrogens (tertiary/aromatic N) is 2. The summed E-state index contributed by atoms with van der Waals surface area (Å²) in [5.74, 6) is -4.51. The molecule has 1 N–H and O–H groups in total. The number of carbonyl (C=O) groups excluding carboxylic acids is 2. The summed E-state index contributed by atoms with van der Waals surface area (Å²) in [6.07, 6.45) is 1.40. The number of hydrogen-bond acceptors (Lipinski definition) is 3. The second-order valence-corrected chi connectivity index (χ2v) is 5.41. The number of anilines is 1. The smallest absolute Gasteiger partial charge is 0.322 e. The van der Waals surface area contributed by atoms with E-state index in [1.165, 1.54) is 16.1 Å². The van der Waals surface area contributed by atoms with Gasteiger partial charge in [-0.15, -0.1) is 0 Å². The Bertz CT molecular complexity index is 787. The number of rotatable bonds is 2. The lowest BCUT2D eigenvalue weighted by Gasteiger charge is -2.34. The molecule has 1 aliphatic heterocycles. The Morgan fingerprint density at radius 3 is 2.28 bits per heavy atom. The van der Waals surface area contributed by atoms with Crippen LogP contribution in [-0.4, -0.2) is 47.9 Å². The molecule has 3 rings (SSSR count). The third-order valence-electron chi connectivity index (χ3n) is 3.86. The Labute approximate surface area is 140 Å². The van der Waals surface area contributed by atoms with Crippen molar-refractivity contribution in [1.82, 2.24) is 9.80 Å². The number of amides is 3. The zero-order chi connectivity index (χ0) is 18.0. The van der Waals surface area contributed by atoms with Gasteiger partial charge in [0.15, 0.2) is 23.2 Å². The molecule has 0 saturated carbocycles. The fraction of sp³-hybridized carbons (Fsp3) is 0.250. The van der Waals surface area contributed by atoms with Gasteiger partial charge in [-0.25, -0.2) is 18.0 Å². The second-order valence-electron chi connectivity index (χ2n) is 5.41. The number of furan rings is 1. The molecule has 0 bridgehead atoms. The van der Waals surface area contributed by atoms with Crippen LogP contribution in [0.4, 0.5) is 23.7 Å². The normalized spacial score (nSPS) is 14.5. The van der Waals surface area contributed by atoms with Crippen LogP contribution in [0.15, 0.2) is 34.9 Å². The molecule has 6 nitrogen and oxygen atoms in total. The molecule has 0 unspecified atom stereocenters. The van der Waals surface area contributed by atoms with E-state index in [-0.39, 0.29) is 37.8 Å². The summed E-state index contributed by atoms with van der Waals surface area (Å²) in [5, 5.41) is 2.20. The maximum absolute atomic E-state index is 13.6. The predicted molar refractivity (Wildman–Crippen MR) is 81.5 cm³/mol. The van der Waals surface area contributed by atoms with Crippen molar-refractivity contribution in [3.8, 4) is 0 Å². The number of carbonyl (C=O) groups is 2. The molecule has 1 aliphatic rings. The van der Waals surface area contributed by atoms with E-state index in [2.05, 4.69) is 5.32 Å². The number of nitrogens with one attached hydrogen (secondary N) is 1. The summed E-state index contributed by atoms with van der Waals surface area (Å²) in [5.41, 5.74) is -0.446. The van der Waals surface area contributed by atoms with Crippen molar-refractivity contribution < 1.29 is 27.2 Å². The minimum absolute atomic E-state index is 0.210. The van der Waals surface area contributed by atoms with Crippen LogP contribution in [0.1, 0.15) is 10.6 Å². The molecule has 9 heteroatoms.